The van der Waals surface area contributed by atoms with Crippen LogP contribution in [0, 0.1) is 12.3 Å². The van der Waals surface area contributed by atoms with Crippen molar-refractivity contribution in [1.29, 1.82) is 0 Å². The number of aromatic nitrogens is 2. The topological polar surface area (TPSA) is 70.2 Å². The van der Waals surface area contributed by atoms with Crippen LogP contribution in [0.5, 0.6) is 0 Å². The Morgan fingerprint density at radius 3 is 2.48 bits per heavy atom. The second kappa shape index (κ2) is 6.83. The van der Waals surface area contributed by atoms with Crippen molar-refractivity contribution >= 4 is 17.5 Å². The van der Waals surface area contributed by atoms with Crippen molar-refractivity contribution in [2.24, 2.45) is 5.41 Å². The molecule has 0 radical (unpaired) electrons. The summed E-state index contributed by atoms with van der Waals surface area (Å²) < 4.78 is 0. The smallest absolute Gasteiger partial charge is 0.319 e. The Balaban J connectivity index is 1.38. The summed E-state index contributed by atoms with van der Waals surface area (Å²) in [6, 6.07) is 12.0. The van der Waals surface area contributed by atoms with E-state index >= 15 is 0 Å². The lowest BCUT2D eigenvalue weighted by molar-refractivity contribution is 0.245. The summed E-state index contributed by atoms with van der Waals surface area (Å²) in [6.07, 6.45) is 2.30. The Kier molecular flexibility index (Phi) is 4.50. The van der Waals surface area contributed by atoms with Crippen molar-refractivity contribution in [3.8, 4) is 0 Å². The molecule has 1 saturated carbocycles. The summed E-state index contributed by atoms with van der Waals surface area (Å²) in [6.45, 7) is 7.96. The number of anilines is 2. The zero-order valence-electron chi connectivity index (χ0n) is 16.2. The lowest BCUT2D eigenvalue weighted by Crippen LogP contribution is -2.43. The number of carbonyl (C=O) groups is 1. The maximum absolute atomic E-state index is 12.5. The van der Waals surface area contributed by atoms with Gasteiger partial charge in [0.05, 0.1) is 11.7 Å². The molecule has 2 aromatic rings. The molecule has 2 aliphatic rings. The van der Waals surface area contributed by atoms with Crippen molar-refractivity contribution in [1.82, 2.24) is 15.5 Å². The first kappa shape index (κ1) is 17.8. The fraction of sp³-hybridized carbons (Fsp3) is 0.476. The van der Waals surface area contributed by atoms with E-state index in [9.17, 15) is 4.79 Å². The highest BCUT2D eigenvalue weighted by Crippen LogP contribution is 2.53. The Morgan fingerprint density at radius 2 is 1.89 bits per heavy atom. The van der Waals surface area contributed by atoms with Crippen LogP contribution in [-0.4, -0.2) is 35.4 Å². The standard InChI is InChI=1S/C21H27N5O/c1-14(2)16-5-7-17(8-6-16)22-20(27)23-18-12-26(13-21(18)10-11-21)19-9-4-15(3)24-25-19/h4-9,14,18H,10-13H2,1-3H3,(H2,22,23,27)/t18-/m1/s1. The molecule has 0 unspecified atom stereocenters. The number of benzene rings is 1. The lowest BCUT2D eigenvalue weighted by Gasteiger charge is -2.19. The molecule has 1 aromatic carbocycles. The first-order valence-corrected chi connectivity index (χ1v) is 9.68. The molecule has 1 atom stereocenters. The van der Waals surface area contributed by atoms with Crippen molar-refractivity contribution in [3.05, 3.63) is 47.7 Å². The second-order valence-corrected chi connectivity index (χ2v) is 8.20. The number of nitrogens with zero attached hydrogens (tertiary/aromatic N) is 3. The van der Waals surface area contributed by atoms with E-state index < -0.39 is 0 Å². The summed E-state index contributed by atoms with van der Waals surface area (Å²) >= 11 is 0. The van der Waals surface area contributed by atoms with Gasteiger partial charge in [-0.2, -0.15) is 5.10 Å². The van der Waals surface area contributed by atoms with Gasteiger partial charge in [0.15, 0.2) is 5.82 Å². The first-order valence-electron chi connectivity index (χ1n) is 9.68. The Labute approximate surface area is 160 Å². The van der Waals surface area contributed by atoms with E-state index in [-0.39, 0.29) is 17.5 Å². The van der Waals surface area contributed by atoms with Gasteiger partial charge in [-0.15, -0.1) is 5.10 Å². The molecule has 4 rings (SSSR count). The van der Waals surface area contributed by atoms with Crippen LogP contribution in [0.4, 0.5) is 16.3 Å². The molecule has 6 nitrogen and oxygen atoms in total. The van der Waals surface area contributed by atoms with E-state index in [0.29, 0.717) is 5.92 Å². The minimum atomic E-state index is -0.139. The van der Waals surface area contributed by atoms with Crippen LogP contribution in [-0.2, 0) is 0 Å². The van der Waals surface area contributed by atoms with E-state index in [2.05, 4.69) is 51.7 Å². The van der Waals surface area contributed by atoms with E-state index in [1.165, 1.54) is 5.56 Å². The van der Waals surface area contributed by atoms with Gasteiger partial charge in [-0.25, -0.2) is 4.79 Å². The largest absolute Gasteiger partial charge is 0.352 e. The molecular formula is C21H27N5O. The second-order valence-electron chi connectivity index (χ2n) is 8.20. The number of hydrogen-bond acceptors (Lipinski definition) is 4. The van der Waals surface area contributed by atoms with Crippen LogP contribution in [0.1, 0.15) is 43.9 Å². The van der Waals surface area contributed by atoms with Gasteiger partial charge < -0.3 is 15.5 Å². The predicted molar refractivity (Wildman–Crippen MR) is 107 cm³/mol. The molecule has 142 valence electrons. The number of carbonyl (C=O) groups excluding carboxylic acids is 1. The fourth-order valence-electron chi connectivity index (χ4n) is 3.85. The SMILES string of the molecule is Cc1ccc(N2C[C@@H](NC(=O)Nc3ccc(C(C)C)cc3)C3(CC3)C2)nn1. The fourth-order valence-corrected chi connectivity index (χ4v) is 3.85. The summed E-state index contributed by atoms with van der Waals surface area (Å²) in [5, 5.41) is 14.6. The molecular weight excluding hydrogens is 338 g/mol. The zero-order valence-corrected chi connectivity index (χ0v) is 16.2. The number of urea groups is 1. The van der Waals surface area contributed by atoms with E-state index in [4.69, 9.17) is 0 Å². The monoisotopic (exact) mass is 365 g/mol. The number of aryl methyl sites for hydroxylation is 1. The van der Waals surface area contributed by atoms with Gasteiger partial charge in [0.25, 0.3) is 0 Å². The van der Waals surface area contributed by atoms with E-state index in [1.807, 2.05) is 31.2 Å². The first-order chi connectivity index (χ1) is 12.9. The molecule has 2 fully saturated rings. The molecule has 6 heteroatoms. The molecule has 2 N–H and O–H groups in total. The molecule has 0 bridgehead atoms. The lowest BCUT2D eigenvalue weighted by atomic mass is 10.0. The summed E-state index contributed by atoms with van der Waals surface area (Å²) in [7, 11) is 0. The Hall–Kier alpha value is -2.63. The van der Waals surface area contributed by atoms with Crippen molar-refractivity contribution in [2.45, 2.75) is 45.6 Å². The minimum Gasteiger partial charge on any atom is -0.352 e. The van der Waals surface area contributed by atoms with Crippen LogP contribution in [0.25, 0.3) is 0 Å². The quantitative estimate of drug-likeness (QED) is 0.867. The third-order valence-electron chi connectivity index (χ3n) is 5.79. The average Bonchev–Trinajstić information content (AvgIpc) is 3.33. The number of rotatable bonds is 4. The highest BCUT2D eigenvalue weighted by Gasteiger charge is 2.55. The van der Waals surface area contributed by atoms with Crippen molar-refractivity contribution < 1.29 is 4.79 Å². The third-order valence-corrected chi connectivity index (χ3v) is 5.79. The molecule has 27 heavy (non-hydrogen) atoms. The number of hydrogen-bond donors (Lipinski definition) is 2. The van der Waals surface area contributed by atoms with Crippen LogP contribution in [0.3, 0.4) is 0 Å². The van der Waals surface area contributed by atoms with Crippen LogP contribution < -0.4 is 15.5 Å². The molecule has 1 aliphatic carbocycles. The van der Waals surface area contributed by atoms with E-state index in [0.717, 1.165) is 43.1 Å². The maximum Gasteiger partial charge on any atom is 0.319 e. The highest BCUT2D eigenvalue weighted by atomic mass is 16.2. The van der Waals surface area contributed by atoms with Gasteiger partial charge in [-0.3, -0.25) is 0 Å². The Morgan fingerprint density at radius 1 is 1.15 bits per heavy atom. The van der Waals surface area contributed by atoms with Crippen LogP contribution >= 0.6 is 0 Å². The van der Waals surface area contributed by atoms with Gasteiger partial charge in [0, 0.05) is 24.2 Å². The van der Waals surface area contributed by atoms with Crippen molar-refractivity contribution in [3.63, 3.8) is 0 Å². The van der Waals surface area contributed by atoms with Crippen molar-refractivity contribution in [2.75, 3.05) is 23.3 Å². The Bertz CT molecular complexity index is 811. The molecule has 1 aliphatic heterocycles. The normalized spacial score (nSPS) is 20.1. The van der Waals surface area contributed by atoms with Crippen LogP contribution in [0.2, 0.25) is 0 Å². The van der Waals surface area contributed by atoms with Gasteiger partial charge >= 0.3 is 6.03 Å². The zero-order chi connectivity index (χ0) is 19.0. The summed E-state index contributed by atoms with van der Waals surface area (Å²) in [4.78, 5) is 14.8. The number of amides is 2. The number of nitrogens with one attached hydrogen (secondary N) is 2. The third kappa shape index (κ3) is 3.75. The van der Waals surface area contributed by atoms with Crippen LogP contribution in [0.15, 0.2) is 36.4 Å². The average molecular weight is 365 g/mol. The molecule has 2 heterocycles. The van der Waals surface area contributed by atoms with Gasteiger partial charge in [-0.05, 0) is 55.5 Å². The predicted octanol–water partition coefficient (Wildman–Crippen LogP) is 3.70. The molecule has 2 amide bonds. The summed E-state index contributed by atoms with van der Waals surface area (Å²) in [5.74, 6) is 1.37. The maximum atomic E-state index is 12.5. The molecule has 1 spiro atoms. The van der Waals surface area contributed by atoms with Gasteiger partial charge in [0.1, 0.15) is 0 Å². The van der Waals surface area contributed by atoms with E-state index in [1.54, 1.807) is 0 Å². The highest BCUT2D eigenvalue weighted by molar-refractivity contribution is 5.89. The van der Waals surface area contributed by atoms with Gasteiger partial charge in [-0.1, -0.05) is 26.0 Å². The van der Waals surface area contributed by atoms with Gasteiger partial charge in [0.2, 0.25) is 0 Å². The molecule has 1 saturated heterocycles. The summed E-state index contributed by atoms with van der Waals surface area (Å²) in [5.41, 5.74) is 3.19. The minimum absolute atomic E-state index is 0.135. The molecule has 1 aromatic heterocycles.